The normalized spacial score (nSPS) is 12.7. The molecule has 0 aromatic heterocycles. The van der Waals surface area contributed by atoms with E-state index in [1.54, 1.807) is 0 Å². The number of rotatable bonds is 4. The van der Waals surface area contributed by atoms with Gasteiger partial charge in [0.15, 0.2) is 0 Å². The molecule has 3 N–H and O–H groups in total. The maximum Gasteiger partial charge on any atom is 0.208 e. The van der Waals surface area contributed by atoms with Gasteiger partial charge in [0.25, 0.3) is 0 Å². The third kappa shape index (κ3) is 3.45. The van der Waals surface area contributed by atoms with Gasteiger partial charge < -0.3 is 4.84 Å². The van der Waals surface area contributed by atoms with Crippen molar-refractivity contribution in [3.63, 3.8) is 0 Å². The summed E-state index contributed by atoms with van der Waals surface area (Å²) >= 11 is 0. The highest BCUT2D eigenvalue weighted by Crippen LogP contribution is 2.08. The van der Waals surface area contributed by atoms with Gasteiger partial charge in [-0.05, 0) is 6.42 Å². The molecule has 0 fully saturated rings. The first kappa shape index (κ1) is 9.43. The van der Waals surface area contributed by atoms with Crippen molar-refractivity contribution in [2.24, 2.45) is 11.8 Å². The van der Waals surface area contributed by atoms with Crippen molar-refractivity contribution >= 4 is 5.90 Å². The van der Waals surface area contributed by atoms with Crippen LogP contribution in [-0.2, 0) is 4.84 Å². The van der Waals surface area contributed by atoms with E-state index in [1.807, 2.05) is 6.92 Å². The fourth-order valence-corrected chi connectivity index (χ4v) is 0.758. The molecule has 0 unspecified atom stereocenters. The summed E-state index contributed by atoms with van der Waals surface area (Å²) in [6.07, 6.45) is 3.28. The van der Waals surface area contributed by atoms with Crippen LogP contribution < -0.4 is 5.90 Å². The second kappa shape index (κ2) is 5.23. The molecule has 0 heterocycles. The van der Waals surface area contributed by atoms with Crippen LogP contribution in [0.1, 0.15) is 33.1 Å². The molecule has 0 aliphatic rings. The highest BCUT2D eigenvalue weighted by atomic mass is 16.6. The summed E-state index contributed by atoms with van der Waals surface area (Å²) in [7, 11) is 0. The summed E-state index contributed by atoms with van der Waals surface area (Å²) in [6.45, 7) is 4.07. The molecule has 0 radical (unpaired) electrons. The van der Waals surface area contributed by atoms with Crippen molar-refractivity contribution in [2.75, 3.05) is 0 Å². The Kier molecular flexibility index (Phi) is 4.94. The molecule has 0 aliphatic heterocycles. The molecular weight excluding hydrogens is 128 g/mol. The first-order valence-corrected chi connectivity index (χ1v) is 3.67. The zero-order chi connectivity index (χ0) is 7.98. The monoisotopic (exact) mass is 144 g/mol. The summed E-state index contributed by atoms with van der Waals surface area (Å²) in [5.41, 5.74) is 0. The highest BCUT2D eigenvalue weighted by Gasteiger charge is 2.07. The molecular formula is C7H16N2O. The van der Waals surface area contributed by atoms with Crippen LogP contribution >= 0.6 is 0 Å². The Morgan fingerprint density at radius 2 is 2.30 bits per heavy atom. The Morgan fingerprint density at radius 1 is 1.70 bits per heavy atom. The van der Waals surface area contributed by atoms with Crippen LogP contribution in [0.25, 0.3) is 0 Å². The van der Waals surface area contributed by atoms with E-state index in [0.717, 1.165) is 19.3 Å². The second-order valence-corrected chi connectivity index (χ2v) is 2.53. The zero-order valence-corrected chi connectivity index (χ0v) is 6.68. The maximum atomic E-state index is 7.17. The van der Waals surface area contributed by atoms with Crippen LogP contribution in [0.4, 0.5) is 0 Å². The third-order valence-corrected chi connectivity index (χ3v) is 1.57. The maximum absolute atomic E-state index is 7.17. The van der Waals surface area contributed by atoms with E-state index in [0.29, 0.717) is 0 Å². The van der Waals surface area contributed by atoms with Crippen LogP contribution in [0, 0.1) is 11.3 Å². The summed E-state index contributed by atoms with van der Waals surface area (Å²) in [6, 6.07) is 0. The predicted molar refractivity (Wildman–Crippen MR) is 41.7 cm³/mol. The van der Waals surface area contributed by atoms with Crippen molar-refractivity contribution in [1.82, 2.24) is 0 Å². The fourth-order valence-electron chi connectivity index (χ4n) is 0.758. The highest BCUT2D eigenvalue weighted by molar-refractivity contribution is 5.74. The number of nitrogens with one attached hydrogen (secondary N) is 1. The third-order valence-electron chi connectivity index (χ3n) is 1.57. The average molecular weight is 144 g/mol. The minimum atomic E-state index is 0.171. The standard InChI is InChI=1S/C7H16N2O/c1-3-4-5-6(2)7(8)10-9/h6,8H,3-5,9H2,1-2H3/t6-/m0/s1. The van der Waals surface area contributed by atoms with E-state index < -0.39 is 0 Å². The number of hydrogen-bond acceptors (Lipinski definition) is 3. The van der Waals surface area contributed by atoms with Crippen molar-refractivity contribution in [3.05, 3.63) is 0 Å². The molecule has 0 bridgehead atoms. The van der Waals surface area contributed by atoms with Gasteiger partial charge in [0, 0.05) is 5.92 Å². The lowest BCUT2D eigenvalue weighted by Crippen LogP contribution is -2.17. The molecule has 10 heavy (non-hydrogen) atoms. The Hall–Kier alpha value is -0.570. The Morgan fingerprint density at radius 3 is 2.70 bits per heavy atom. The lowest BCUT2D eigenvalue weighted by atomic mass is 10.1. The number of nitrogens with two attached hydrogens (primary N) is 1. The van der Waals surface area contributed by atoms with E-state index in [1.165, 1.54) is 0 Å². The fraction of sp³-hybridized carbons (Fsp3) is 0.857. The molecule has 60 valence electrons. The van der Waals surface area contributed by atoms with E-state index in [-0.39, 0.29) is 11.8 Å². The van der Waals surface area contributed by atoms with Crippen LogP contribution in [0.15, 0.2) is 0 Å². The van der Waals surface area contributed by atoms with E-state index >= 15 is 0 Å². The van der Waals surface area contributed by atoms with Crippen molar-refractivity contribution < 1.29 is 4.84 Å². The van der Waals surface area contributed by atoms with Gasteiger partial charge in [0.2, 0.25) is 5.90 Å². The van der Waals surface area contributed by atoms with Gasteiger partial charge in [-0.2, -0.15) is 5.90 Å². The molecule has 0 aromatic rings. The lowest BCUT2D eigenvalue weighted by Gasteiger charge is -2.08. The van der Waals surface area contributed by atoms with Crippen molar-refractivity contribution in [2.45, 2.75) is 33.1 Å². The summed E-state index contributed by atoms with van der Waals surface area (Å²) in [5.74, 6) is 5.18. The lowest BCUT2D eigenvalue weighted by molar-refractivity contribution is 0.289. The molecule has 1 atom stereocenters. The Balaban J connectivity index is 3.41. The summed E-state index contributed by atoms with van der Waals surface area (Å²) in [4.78, 5) is 4.29. The minimum Gasteiger partial charge on any atom is -0.396 e. The summed E-state index contributed by atoms with van der Waals surface area (Å²) in [5, 5.41) is 7.17. The van der Waals surface area contributed by atoms with E-state index in [4.69, 9.17) is 11.3 Å². The van der Waals surface area contributed by atoms with Crippen molar-refractivity contribution in [3.8, 4) is 0 Å². The SMILES string of the molecule is CCCC[C@H](C)C(=N)ON. The van der Waals surface area contributed by atoms with Gasteiger partial charge in [0.05, 0.1) is 0 Å². The zero-order valence-electron chi connectivity index (χ0n) is 6.68. The Bertz CT molecular complexity index is 104. The molecule has 0 spiro atoms. The van der Waals surface area contributed by atoms with Crippen LogP contribution in [0.3, 0.4) is 0 Å². The molecule has 3 heteroatoms. The van der Waals surface area contributed by atoms with Gasteiger partial charge in [-0.15, -0.1) is 0 Å². The first-order chi connectivity index (χ1) is 4.72. The predicted octanol–water partition coefficient (Wildman–Crippen LogP) is 1.68. The van der Waals surface area contributed by atoms with Crippen LogP contribution in [0.2, 0.25) is 0 Å². The first-order valence-electron chi connectivity index (χ1n) is 3.67. The minimum absolute atomic E-state index is 0.171. The van der Waals surface area contributed by atoms with Gasteiger partial charge >= 0.3 is 0 Å². The van der Waals surface area contributed by atoms with E-state index in [2.05, 4.69) is 11.8 Å². The topological polar surface area (TPSA) is 59.1 Å². The molecule has 0 aromatic carbocycles. The van der Waals surface area contributed by atoms with E-state index in [9.17, 15) is 0 Å². The Labute approximate surface area is 62.0 Å². The van der Waals surface area contributed by atoms with Gasteiger partial charge in [-0.3, -0.25) is 5.41 Å². The van der Waals surface area contributed by atoms with Gasteiger partial charge in [0.1, 0.15) is 0 Å². The summed E-state index contributed by atoms with van der Waals surface area (Å²) < 4.78 is 0. The molecule has 0 saturated heterocycles. The number of hydrogen-bond donors (Lipinski definition) is 2. The molecule has 0 amide bonds. The number of unbranched alkanes of at least 4 members (excludes halogenated alkanes) is 1. The quantitative estimate of drug-likeness (QED) is 0.358. The second-order valence-electron chi connectivity index (χ2n) is 2.53. The van der Waals surface area contributed by atoms with Crippen molar-refractivity contribution in [1.29, 1.82) is 5.41 Å². The van der Waals surface area contributed by atoms with Gasteiger partial charge in [-0.25, -0.2) is 0 Å². The average Bonchev–Trinajstić information content (AvgIpc) is 1.98. The molecule has 3 nitrogen and oxygen atoms in total. The van der Waals surface area contributed by atoms with Crippen LogP contribution in [-0.4, -0.2) is 5.90 Å². The molecule has 0 saturated carbocycles. The molecule has 0 rings (SSSR count). The van der Waals surface area contributed by atoms with Gasteiger partial charge in [-0.1, -0.05) is 26.7 Å². The van der Waals surface area contributed by atoms with Crippen LogP contribution in [0.5, 0.6) is 0 Å². The molecule has 0 aliphatic carbocycles. The smallest absolute Gasteiger partial charge is 0.208 e. The largest absolute Gasteiger partial charge is 0.396 e.